The molecule has 3 N–H and O–H groups in total. The predicted molar refractivity (Wildman–Crippen MR) is 180 cm³/mol. The standard InChI is InChI=1S/C34H43F4N7O6/c1-32(2,3)50-30(47)41-22-12-20(34(36,37)38)16-45(18-22)24-7-9-39-14-23(24)42-28(46)26-27-25(49-29(26)43-31(48)51-33(4,5)6)11-19(13-40-27)15-44-10-8-21(35)17-44/h7,9,11,13-14,20-22H,8,10,12,15-18H2,1-6H3,(H,41,47)(H,42,46)(H,43,48). The van der Waals surface area contributed by atoms with Crippen LogP contribution in [0.25, 0.3) is 11.1 Å². The van der Waals surface area contributed by atoms with Gasteiger partial charge in [0, 0.05) is 45.1 Å². The lowest BCUT2D eigenvalue weighted by molar-refractivity contribution is -0.177. The lowest BCUT2D eigenvalue weighted by atomic mass is 9.93. The van der Waals surface area contributed by atoms with E-state index in [2.05, 4.69) is 25.9 Å². The molecule has 5 heterocycles. The number of furan rings is 1. The van der Waals surface area contributed by atoms with Crippen LogP contribution in [0.15, 0.2) is 35.1 Å². The maximum Gasteiger partial charge on any atom is 0.414 e. The van der Waals surface area contributed by atoms with E-state index in [0.717, 1.165) is 0 Å². The molecule has 2 fully saturated rings. The lowest BCUT2D eigenvalue weighted by Gasteiger charge is -2.40. The lowest BCUT2D eigenvalue weighted by Crippen LogP contribution is -2.54. The molecule has 3 amide bonds. The zero-order chi connectivity index (χ0) is 37.3. The molecule has 0 radical (unpaired) electrons. The van der Waals surface area contributed by atoms with E-state index in [-0.39, 0.29) is 53.4 Å². The molecule has 0 bridgehead atoms. The van der Waals surface area contributed by atoms with Gasteiger partial charge >= 0.3 is 18.4 Å². The van der Waals surface area contributed by atoms with Crippen molar-refractivity contribution in [1.29, 1.82) is 0 Å². The first-order valence-electron chi connectivity index (χ1n) is 16.6. The Hall–Kier alpha value is -4.67. The fourth-order valence-electron chi connectivity index (χ4n) is 6.04. The number of carbonyl (C=O) groups is 3. The highest BCUT2D eigenvalue weighted by Gasteiger charge is 2.45. The monoisotopic (exact) mass is 721 g/mol. The van der Waals surface area contributed by atoms with E-state index >= 15 is 0 Å². The van der Waals surface area contributed by atoms with Gasteiger partial charge in [0.1, 0.15) is 28.5 Å². The first kappa shape index (κ1) is 37.6. The molecule has 2 aliphatic rings. The molecule has 3 aromatic rings. The minimum Gasteiger partial charge on any atom is -0.444 e. The van der Waals surface area contributed by atoms with E-state index in [1.165, 1.54) is 29.6 Å². The molecule has 0 spiro atoms. The molecule has 0 aliphatic carbocycles. The average molecular weight is 722 g/mol. The summed E-state index contributed by atoms with van der Waals surface area (Å²) in [6.07, 6.45) is -3.01. The summed E-state index contributed by atoms with van der Waals surface area (Å²) in [7, 11) is 0. The first-order valence-corrected chi connectivity index (χ1v) is 16.6. The number of likely N-dealkylation sites (tertiary alicyclic amines) is 1. The molecule has 3 unspecified atom stereocenters. The van der Waals surface area contributed by atoms with Gasteiger partial charge in [-0.3, -0.25) is 25.0 Å². The summed E-state index contributed by atoms with van der Waals surface area (Å²) in [5.41, 5.74) is -0.691. The van der Waals surface area contributed by atoms with E-state index in [9.17, 15) is 31.9 Å². The van der Waals surface area contributed by atoms with Crippen molar-refractivity contribution in [2.24, 2.45) is 5.92 Å². The Bertz CT molecular complexity index is 1750. The summed E-state index contributed by atoms with van der Waals surface area (Å²) in [6.45, 7) is 10.7. The van der Waals surface area contributed by atoms with Gasteiger partial charge in [-0.25, -0.2) is 14.0 Å². The van der Waals surface area contributed by atoms with E-state index in [1.54, 1.807) is 47.6 Å². The number of ether oxygens (including phenoxy) is 2. The van der Waals surface area contributed by atoms with Crippen molar-refractivity contribution in [1.82, 2.24) is 20.2 Å². The Balaban J connectivity index is 1.44. The average Bonchev–Trinajstić information content (AvgIpc) is 3.56. The molecule has 3 aromatic heterocycles. The summed E-state index contributed by atoms with van der Waals surface area (Å²) in [4.78, 5) is 51.2. The highest BCUT2D eigenvalue weighted by atomic mass is 19.4. The molecule has 2 saturated heterocycles. The normalized spacial score (nSPS) is 20.3. The molecule has 0 aromatic carbocycles. The Labute approximate surface area is 292 Å². The fourth-order valence-corrected chi connectivity index (χ4v) is 6.04. The highest BCUT2D eigenvalue weighted by Crippen LogP contribution is 2.38. The largest absolute Gasteiger partial charge is 0.444 e. The van der Waals surface area contributed by atoms with Crippen molar-refractivity contribution >= 4 is 46.5 Å². The number of alkyl halides is 4. The number of nitrogens with one attached hydrogen (secondary N) is 3. The van der Waals surface area contributed by atoms with Gasteiger partial charge in [-0.1, -0.05) is 0 Å². The number of hydrogen-bond acceptors (Lipinski definition) is 10. The number of fused-ring (bicyclic) bond motifs is 1. The van der Waals surface area contributed by atoms with Gasteiger partial charge in [-0.05, 0) is 72.1 Å². The van der Waals surface area contributed by atoms with Gasteiger partial charge < -0.3 is 29.4 Å². The second kappa shape index (κ2) is 14.5. The number of nitrogens with zero attached hydrogens (tertiary/aromatic N) is 4. The van der Waals surface area contributed by atoms with Gasteiger partial charge in [-0.2, -0.15) is 13.2 Å². The molecular formula is C34H43F4N7O6. The van der Waals surface area contributed by atoms with Crippen LogP contribution < -0.4 is 20.9 Å². The molecule has 17 heteroatoms. The van der Waals surface area contributed by atoms with Gasteiger partial charge in [-0.15, -0.1) is 0 Å². The van der Waals surface area contributed by atoms with Crippen molar-refractivity contribution in [2.45, 2.75) is 90.5 Å². The second-order valence-electron chi connectivity index (χ2n) is 14.8. The quantitative estimate of drug-likeness (QED) is 0.226. The van der Waals surface area contributed by atoms with Gasteiger partial charge in [0.2, 0.25) is 5.88 Å². The minimum absolute atomic E-state index is 0.0245. The van der Waals surface area contributed by atoms with Crippen LogP contribution in [-0.4, -0.2) is 88.7 Å². The molecule has 2 aliphatic heterocycles. The summed E-state index contributed by atoms with van der Waals surface area (Å²) in [5, 5.41) is 7.73. The van der Waals surface area contributed by atoms with Crippen LogP contribution >= 0.6 is 0 Å². The number of hydrogen-bond donors (Lipinski definition) is 3. The molecule has 51 heavy (non-hydrogen) atoms. The van der Waals surface area contributed by atoms with Crippen molar-refractivity contribution in [3.05, 3.63) is 41.9 Å². The highest BCUT2D eigenvalue weighted by molar-refractivity contribution is 6.16. The second-order valence-corrected chi connectivity index (χ2v) is 14.8. The van der Waals surface area contributed by atoms with Crippen LogP contribution in [0.2, 0.25) is 0 Å². The summed E-state index contributed by atoms with van der Waals surface area (Å²) >= 11 is 0. The van der Waals surface area contributed by atoms with Crippen molar-refractivity contribution in [3.8, 4) is 0 Å². The number of carbonyl (C=O) groups excluding carboxylic acids is 3. The number of rotatable bonds is 7. The molecular weight excluding hydrogens is 678 g/mol. The SMILES string of the molecule is CC(C)(C)OC(=O)Nc1oc2cc(CN3CCC(F)C3)cnc2c1C(=O)Nc1cnccc1N1CC(NC(=O)OC(C)(C)C)CC(C(F)(F)F)C1. The van der Waals surface area contributed by atoms with E-state index in [1.807, 2.05) is 4.90 Å². The Morgan fingerprint density at radius 2 is 1.69 bits per heavy atom. The molecule has 5 rings (SSSR count). The Morgan fingerprint density at radius 3 is 2.33 bits per heavy atom. The van der Waals surface area contributed by atoms with Crippen LogP contribution in [0, 0.1) is 5.92 Å². The molecule has 3 atom stereocenters. The summed E-state index contributed by atoms with van der Waals surface area (Å²) < 4.78 is 72.7. The third kappa shape index (κ3) is 9.98. The first-order chi connectivity index (χ1) is 23.7. The number of halogens is 4. The smallest absolute Gasteiger partial charge is 0.414 e. The van der Waals surface area contributed by atoms with Crippen LogP contribution in [0.1, 0.15) is 70.3 Å². The van der Waals surface area contributed by atoms with E-state index in [4.69, 9.17) is 13.9 Å². The molecule has 13 nitrogen and oxygen atoms in total. The number of amides is 3. The number of aromatic nitrogens is 2. The fraction of sp³-hybridized carbons (Fsp3) is 0.559. The topological polar surface area (TPSA) is 151 Å². The van der Waals surface area contributed by atoms with Gasteiger partial charge in [0.15, 0.2) is 5.58 Å². The molecule has 278 valence electrons. The maximum atomic E-state index is 14.1. The van der Waals surface area contributed by atoms with Crippen LogP contribution in [0.3, 0.4) is 0 Å². The number of piperidine rings is 1. The van der Waals surface area contributed by atoms with E-state index in [0.29, 0.717) is 25.1 Å². The third-order valence-electron chi connectivity index (χ3n) is 8.07. The van der Waals surface area contributed by atoms with Crippen LogP contribution in [-0.2, 0) is 16.0 Å². The third-order valence-corrected chi connectivity index (χ3v) is 8.07. The van der Waals surface area contributed by atoms with Crippen LogP contribution in [0.4, 0.5) is 44.4 Å². The maximum absolute atomic E-state index is 14.1. The number of pyridine rings is 2. The summed E-state index contributed by atoms with van der Waals surface area (Å²) in [5.74, 6) is -2.88. The van der Waals surface area contributed by atoms with Crippen molar-refractivity contribution < 1.29 is 45.8 Å². The zero-order valence-corrected chi connectivity index (χ0v) is 29.3. The Kier molecular flexibility index (Phi) is 10.7. The summed E-state index contributed by atoms with van der Waals surface area (Å²) in [6, 6.07) is 2.16. The van der Waals surface area contributed by atoms with Crippen molar-refractivity contribution in [3.63, 3.8) is 0 Å². The van der Waals surface area contributed by atoms with Gasteiger partial charge in [0.25, 0.3) is 5.91 Å². The zero-order valence-electron chi connectivity index (χ0n) is 29.3. The number of alkyl carbamates (subject to hydrolysis) is 1. The minimum atomic E-state index is -4.58. The predicted octanol–water partition coefficient (Wildman–Crippen LogP) is 6.65. The molecule has 0 saturated carbocycles. The Morgan fingerprint density at radius 1 is 0.980 bits per heavy atom. The van der Waals surface area contributed by atoms with Gasteiger partial charge in [0.05, 0.1) is 29.5 Å². The van der Waals surface area contributed by atoms with Crippen molar-refractivity contribution in [2.75, 3.05) is 41.7 Å². The number of anilines is 3. The van der Waals surface area contributed by atoms with Crippen LogP contribution in [0.5, 0.6) is 0 Å². The van der Waals surface area contributed by atoms with E-state index < -0.39 is 60.1 Å².